The molecule has 1 aliphatic rings. The topological polar surface area (TPSA) is 6.48 Å². The summed E-state index contributed by atoms with van der Waals surface area (Å²) in [7, 11) is 0. The molecule has 0 bridgehead atoms. The fourth-order valence-electron chi connectivity index (χ4n) is 12.7. The number of nitrogens with zero attached hydrogens (tertiary/aromatic N) is 2. The van der Waals surface area contributed by atoms with Gasteiger partial charge in [0, 0.05) is 50.2 Å². The van der Waals surface area contributed by atoms with Gasteiger partial charge in [-0.05, 0) is 151 Å². The molecule has 0 N–H and O–H groups in total. The maximum atomic E-state index is 2.57. The molecule has 0 heterocycles. The molecule has 1 unspecified atom stereocenters. The first-order valence-corrected chi connectivity index (χ1v) is 29.8. The van der Waals surface area contributed by atoms with Crippen molar-refractivity contribution < 1.29 is 0 Å². The Kier molecular flexibility index (Phi) is 14.4. The molecule has 0 fully saturated rings. The van der Waals surface area contributed by atoms with Crippen LogP contribution in [0.3, 0.4) is 0 Å². The van der Waals surface area contributed by atoms with E-state index in [1.807, 2.05) is 0 Å². The third-order valence-electron chi connectivity index (χ3n) is 16.9. The van der Waals surface area contributed by atoms with Crippen molar-refractivity contribution in [2.75, 3.05) is 9.80 Å². The van der Waals surface area contributed by atoms with Crippen LogP contribution in [0.4, 0.5) is 34.1 Å². The lowest BCUT2D eigenvalue weighted by Gasteiger charge is -2.34. The minimum Gasteiger partial charge on any atom is -0.309 e. The average molecular weight is 1090 g/mol. The van der Waals surface area contributed by atoms with E-state index in [0.29, 0.717) is 0 Å². The Morgan fingerprint density at radius 3 is 1.20 bits per heavy atom. The van der Waals surface area contributed by atoms with Crippen molar-refractivity contribution in [2.45, 2.75) is 32.1 Å². The van der Waals surface area contributed by atoms with Gasteiger partial charge in [-0.25, -0.2) is 0 Å². The summed E-state index contributed by atoms with van der Waals surface area (Å²) in [6, 6.07) is 112. The molecule has 13 aromatic rings. The molecule has 0 radical (unpaired) electrons. The first kappa shape index (κ1) is 52.5. The SMILES string of the molecule is CC(C)c1ccc2c(N(c3cccc(-c4ccccc4)c3)c3ccc(-c4ccccc4)c(-c4ccccc4)c3)c3cc(-c4ccccc4)ccc3c(N(c3cccc(-c4ccccc4)c3)c3ccc(C4C=CC=CC4)c(-c4ccccc4)c3)c2c1. The van der Waals surface area contributed by atoms with Crippen molar-refractivity contribution in [2.24, 2.45) is 0 Å². The first-order chi connectivity index (χ1) is 42.0. The highest BCUT2D eigenvalue weighted by Crippen LogP contribution is 2.54. The standard InChI is InChI=1S/C83H64N2/c1-58(2)66-44-48-76-80(54-66)82(84(70-42-24-40-67(52-70)59-26-10-3-11-27-59)72-46-50-74(62-32-16-6-17-33-62)78(56-72)64-36-20-8-21-37-64)77-49-45-69(61-30-14-5-15-31-61)55-81(77)83(76)85(71-43-25-41-68(53-71)60-28-12-4-13-29-60)73-47-51-75(63-34-18-7-19-35-63)79(57-73)65-38-22-9-23-39-65/h3-32,34-58,62H,33H2,1-2H3. The van der Waals surface area contributed by atoms with E-state index in [1.54, 1.807) is 0 Å². The second kappa shape index (κ2) is 23.4. The zero-order chi connectivity index (χ0) is 57.1. The molecular formula is C83H64N2. The molecule has 0 aromatic heterocycles. The maximum Gasteiger partial charge on any atom is 0.0620 e. The molecule has 13 aromatic carbocycles. The van der Waals surface area contributed by atoms with Gasteiger partial charge in [-0.1, -0.05) is 281 Å². The highest BCUT2D eigenvalue weighted by Gasteiger charge is 2.29. The van der Waals surface area contributed by atoms with Crippen molar-refractivity contribution in [1.29, 1.82) is 0 Å². The predicted octanol–water partition coefficient (Wildman–Crippen LogP) is 23.7. The number of benzene rings is 13. The molecule has 0 saturated heterocycles. The Morgan fingerprint density at radius 1 is 0.294 bits per heavy atom. The van der Waals surface area contributed by atoms with Crippen LogP contribution in [0.1, 0.15) is 43.2 Å². The summed E-state index contributed by atoms with van der Waals surface area (Å²) >= 11 is 0. The normalized spacial score (nSPS) is 12.9. The van der Waals surface area contributed by atoms with Gasteiger partial charge >= 0.3 is 0 Å². The third-order valence-corrected chi connectivity index (χ3v) is 16.9. The summed E-state index contributed by atoms with van der Waals surface area (Å²) in [6.45, 7) is 4.63. The van der Waals surface area contributed by atoms with Gasteiger partial charge in [-0.2, -0.15) is 0 Å². The van der Waals surface area contributed by atoms with E-state index in [-0.39, 0.29) is 11.8 Å². The number of hydrogen-bond donors (Lipinski definition) is 0. The molecular weight excluding hydrogens is 1020 g/mol. The van der Waals surface area contributed by atoms with Crippen LogP contribution in [0, 0.1) is 0 Å². The van der Waals surface area contributed by atoms with Crippen LogP contribution in [-0.4, -0.2) is 0 Å². The second-order valence-electron chi connectivity index (χ2n) is 22.5. The van der Waals surface area contributed by atoms with Gasteiger partial charge in [-0.15, -0.1) is 0 Å². The lowest BCUT2D eigenvalue weighted by molar-refractivity contribution is 0.856. The number of rotatable bonds is 14. The van der Waals surface area contributed by atoms with Crippen LogP contribution in [0.5, 0.6) is 0 Å². The molecule has 0 spiro atoms. The fraction of sp³-hybridized carbons (Fsp3) is 0.0602. The Bertz CT molecular complexity index is 4570. The molecule has 406 valence electrons. The molecule has 1 atom stereocenters. The van der Waals surface area contributed by atoms with Gasteiger partial charge in [0.15, 0.2) is 0 Å². The molecule has 1 aliphatic carbocycles. The largest absolute Gasteiger partial charge is 0.309 e. The quantitative estimate of drug-likeness (QED) is 0.0791. The molecule has 2 nitrogen and oxygen atoms in total. The van der Waals surface area contributed by atoms with E-state index < -0.39 is 0 Å². The zero-order valence-corrected chi connectivity index (χ0v) is 47.9. The Balaban J connectivity index is 1.12. The van der Waals surface area contributed by atoms with Gasteiger partial charge in [-0.3, -0.25) is 0 Å². The van der Waals surface area contributed by atoms with E-state index in [1.165, 1.54) is 38.9 Å². The Hall–Kier alpha value is -10.5. The maximum absolute atomic E-state index is 2.57. The van der Waals surface area contributed by atoms with Crippen LogP contribution >= 0.6 is 0 Å². The van der Waals surface area contributed by atoms with Crippen LogP contribution in [0.2, 0.25) is 0 Å². The lowest BCUT2D eigenvalue weighted by Crippen LogP contribution is -2.15. The summed E-state index contributed by atoms with van der Waals surface area (Å²) in [4.78, 5) is 5.13. The molecule has 14 rings (SSSR count). The van der Waals surface area contributed by atoms with Crippen LogP contribution in [-0.2, 0) is 0 Å². The van der Waals surface area contributed by atoms with E-state index >= 15 is 0 Å². The zero-order valence-electron chi connectivity index (χ0n) is 47.9. The summed E-state index contributed by atoms with van der Waals surface area (Å²) in [5.74, 6) is 0.497. The number of anilines is 6. The molecule has 0 amide bonds. The van der Waals surface area contributed by atoms with E-state index in [0.717, 1.165) is 101 Å². The second-order valence-corrected chi connectivity index (χ2v) is 22.5. The molecule has 0 aliphatic heterocycles. The van der Waals surface area contributed by atoms with Gasteiger partial charge in [0.1, 0.15) is 0 Å². The fourth-order valence-corrected chi connectivity index (χ4v) is 12.7. The third kappa shape index (κ3) is 10.5. The summed E-state index contributed by atoms with van der Waals surface area (Å²) < 4.78 is 0. The molecule has 85 heavy (non-hydrogen) atoms. The first-order valence-electron chi connectivity index (χ1n) is 29.8. The summed E-state index contributed by atoms with van der Waals surface area (Å²) in [5, 5.41) is 4.56. The summed E-state index contributed by atoms with van der Waals surface area (Å²) in [6.07, 6.45) is 9.98. The molecule has 2 heteroatoms. The van der Waals surface area contributed by atoms with Gasteiger partial charge in [0.25, 0.3) is 0 Å². The van der Waals surface area contributed by atoms with Crippen LogP contribution in [0.25, 0.3) is 88.3 Å². The van der Waals surface area contributed by atoms with Crippen molar-refractivity contribution in [3.8, 4) is 66.8 Å². The minimum absolute atomic E-state index is 0.241. The summed E-state index contributed by atoms with van der Waals surface area (Å²) in [5.41, 5.74) is 23.1. The minimum atomic E-state index is 0.241. The van der Waals surface area contributed by atoms with Gasteiger partial charge in [0.2, 0.25) is 0 Å². The number of allylic oxidation sites excluding steroid dienone is 4. The van der Waals surface area contributed by atoms with Gasteiger partial charge in [0.05, 0.1) is 11.4 Å². The van der Waals surface area contributed by atoms with Crippen molar-refractivity contribution in [1.82, 2.24) is 0 Å². The van der Waals surface area contributed by atoms with E-state index in [4.69, 9.17) is 0 Å². The number of hydrogen-bond acceptors (Lipinski definition) is 2. The Morgan fingerprint density at radius 2 is 0.706 bits per heavy atom. The Labute approximate surface area is 500 Å². The van der Waals surface area contributed by atoms with E-state index in [9.17, 15) is 0 Å². The highest BCUT2D eigenvalue weighted by molar-refractivity contribution is 6.24. The van der Waals surface area contributed by atoms with Crippen molar-refractivity contribution >= 4 is 55.7 Å². The smallest absolute Gasteiger partial charge is 0.0620 e. The number of fused-ring (bicyclic) bond motifs is 2. The van der Waals surface area contributed by atoms with Crippen molar-refractivity contribution in [3.63, 3.8) is 0 Å². The lowest BCUT2D eigenvalue weighted by atomic mass is 9.86. The average Bonchev–Trinajstić information content (AvgIpc) is 2.36. The monoisotopic (exact) mass is 1090 g/mol. The molecule has 0 saturated carbocycles. The van der Waals surface area contributed by atoms with Crippen molar-refractivity contribution in [3.05, 3.63) is 339 Å². The van der Waals surface area contributed by atoms with E-state index in [2.05, 4.69) is 351 Å². The van der Waals surface area contributed by atoms with Crippen LogP contribution < -0.4 is 9.80 Å². The predicted molar refractivity (Wildman–Crippen MR) is 363 cm³/mol. The van der Waals surface area contributed by atoms with Gasteiger partial charge < -0.3 is 9.80 Å². The van der Waals surface area contributed by atoms with Crippen LogP contribution in [0.15, 0.2) is 328 Å². The highest BCUT2D eigenvalue weighted by atomic mass is 15.2.